The fraction of sp³-hybridized carbons (Fsp3) is 0.286. The summed E-state index contributed by atoms with van der Waals surface area (Å²) in [5.41, 5.74) is 3.55. The van der Waals surface area contributed by atoms with E-state index in [2.05, 4.69) is 40.6 Å². The van der Waals surface area contributed by atoms with Crippen LogP contribution in [0.5, 0.6) is 0 Å². The smallest absolute Gasteiger partial charge is 0.0626 e. The highest BCUT2D eigenvalue weighted by molar-refractivity contribution is 5.92. The monoisotopic (exact) mass is 228 g/mol. The number of hydrogen-bond donors (Lipinski definition) is 3. The molecule has 3 rings (SSSR count). The molecule has 0 radical (unpaired) electrons. The molecule has 88 valence electrons. The van der Waals surface area contributed by atoms with Crippen molar-refractivity contribution in [2.24, 2.45) is 0 Å². The number of nitrogens with one attached hydrogen (secondary N) is 2. The minimum atomic E-state index is 0.0534. The predicted octanol–water partition coefficient (Wildman–Crippen LogP) is 1.91. The molecule has 3 N–H and O–H groups in total. The van der Waals surface area contributed by atoms with Crippen molar-refractivity contribution in [2.45, 2.75) is 12.5 Å². The Bertz CT molecular complexity index is 556. The molecule has 0 saturated carbocycles. The maximum Gasteiger partial charge on any atom is 0.0626 e. The van der Waals surface area contributed by atoms with Gasteiger partial charge in [0.1, 0.15) is 0 Å². The van der Waals surface area contributed by atoms with E-state index in [4.69, 9.17) is 0 Å². The zero-order valence-corrected chi connectivity index (χ0v) is 9.61. The number of benzene rings is 1. The third-order valence-corrected chi connectivity index (χ3v) is 3.36. The van der Waals surface area contributed by atoms with Gasteiger partial charge in [-0.3, -0.25) is 0 Å². The lowest BCUT2D eigenvalue weighted by atomic mass is 9.94. The lowest BCUT2D eigenvalue weighted by Crippen LogP contribution is -2.36. The molecule has 3 nitrogen and oxygen atoms in total. The van der Waals surface area contributed by atoms with Gasteiger partial charge in [0.25, 0.3) is 0 Å². The van der Waals surface area contributed by atoms with Gasteiger partial charge >= 0.3 is 0 Å². The Kier molecular flexibility index (Phi) is 2.71. The molecule has 1 aromatic carbocycles. The third-order valence-electron chi connectivity index (χ3n) is 3.36. The Labute approximate surface area is 100 Å². The minimum Gasteiger partial charge on any atom is -0.394 e. The summed E-state index contributed by atoms with van der Waals surface area (Å²) in [5.74, 6) is 0. The molecule has 0 amide bonds. The first-order valence-corrected chi connectivity index (χ1v) is 6.01. The number of fused-ring (bicyclic) bond motifs is 1. The lowest BCUT2D eigenvalue weighted by Gasteiger charge is -2.24. The summed E-state index contributed by atoms with van der Waals surface area (Å²) in [6, 6.07) is 8.40. The number of aliphatic hydroxyl groups is 1. The second-order valence-electron chi connectivity index (χ2n) is 4.38. The van der Waals surface area contributed by atoms with Crippen LogP contribution in [0.25, 0.3) is 16.5 Å². The fourth-order valence-electron chi connectivity index (χ4n) is 2.52. The van der Waals surface area contributed by atoms with Crippen LogP contribution in [0.15, 0.2) is 36.5 Å². The van der Waals surface area contributed by atoms with Crippen molar-refractivity contribution in [2.75, 3.05) is 13.2 Å². The van der Waals surface area contributed by atoms with Crippen molar-refractivity contribution in [1.82, 2.24) is 10.3 Å². The summed E-state index contributed by atoms with van der Waals surface area (Å²) in [6.45, 7) is 1.08. The van der Waals surface area contributed by atoms with Crippen LogP contribution in [0.1, 0.15) is 12.0 Å². The number of aliphatic hydroxyl groups excluding tert-OH is 1. The second kappa shape index (κ2) is 4.35. The highest BCUT2D eigenvalue weighted by Crippen LogP contribution is 2.28. The molecule has 0 spiro atoms. The van der Waals surface area contributed by atoms with Crippen LogP contribution >= 0.6 is 0 Å². The zero-order chi connectivity index (χ0) is 11.7. The van der Waals surface area contributed by atoms with Gasteiger partial charge in [-0.15, -0.1) is 0 Å². The van der Waals surface area contributed by atoms with E-state index in [1.165, 1.54) is 16.5 Å². The Balaban J connectivity index is 2.13. The number of H-pyrrole nitrogens is 1. The van der Waals surface area contributed by atoms with Crippen LogP contribution in [-0.4, -0.2) is 29.3 Å². The van der Waals surface area contributed by atoms with Gasteiger partial charge < -0.3 is 15.4 Å². The van der Waals surface area contributed by atoms with Gasteiger partial charge in [-0.1, -0.05) is 24.3 Å². The molecular weight excluding hydrogens is 212 g/mol. The summed E-state index contributed by atoms with van der Waals surface area (Å²) in [7, 11) is 0. The summed E-state index contributed by atoms with van der Waals surface area (Å²) in [5, 5.41) is 14.0. The fourth-order valence-corrected chi connectivity index (χ4v) is 2.52. The molecule has 3 heteroatoms. The molecular formula is C14H16N2O. The van der Waals surface area contributed by atoms with Crippen LogP contribution in [0.3, 0.4) is 0 Å². The van der Waals surface area contributed by atoms with E-state index in [-0.39, 0.29) is 12.6 Å². The van der Waals surface area contributed by atoms with E-state index in [0.29, 0.717) is 0 Å². The number of rotatable bonds is 2. The summed E-state index contributed by atoms with van der Waals surface area (Å²) < 4.78 is 0. The summed E-state index contributed by atoms with van der Waals surface area (Å²) in [4.78, 5) is 3.28. The van der Waals surface area contributed by atoms with E-state index >= 15 is 0 Å². The molecule has 2 aromatic rings. The maximum atomic E-state index is 9.43. The van der Waals surface area contributed by atoms with E-state index in [9.17, 15) is 5.11 Å². The molecule has 2 heterocycles. The normalized spacial score (nSPS) is 20.5. The van der Waals surface area contributed by atoms with Gasteiger partial charge in [0, 0.05) is 11.8 Å². The largest absolute Gasteiger partial charge is 0.394 e. The molecule has 1 aliphatic rings. The van der Waals surface area contributed by atoms with Gasteiger partial charge in [-0.25, -0.2) is 0 Å². The topological polar surface area (TPSA) is 48.0 Å². The van der Waals surface area contributed by atoms with E-state index in [1.807, 2.05) is 6.20 Å². The Hall–Kier alpha value is -1.58. The zero-order valence-electron chi connectivity index (χ0n) is 9.61. The number of para-hydroxylation sites is 1. The number of aromatic nitrogens is 1. The average molecular weight is 228 g/mol. The molecule has 1 atom stereocenters. The quantitative estimate of drug-likeness (QED) is 0.735. The van der Waals surface area contributed by atoms with Crippen LogP contribution in [0, 0.1) is 0 Å². The second-order valence-corrected chi connectivity index (χ2v) is 4.38. The first-order valence-electron chi connectivity index (χ1n) is 6.01. The van der Waals surface area contributed by atoms with Gasteiger partial charge in [0.15, 0.2) is 0 Å². The van der Waals surface area contributed by atoms with Crippen molar-refractivity contribution < 1.29 is 5.11 Å². The van der Waals surface area contributed by atoms with Crippen molar-refractivity contribution in [3.8, 4) is 0 Å². The van der Waals surface area contributed by atoms with Crippen LogP contribution < -0.4 is 5.32 Å². The molecule has 1 unspecified atom stereocenters. The van der Waals surface area contributed by atoms with Gasteiger partial charge in [0.2, 0.25) is 0 Å². The molecule has 0 saturated heterocycles. The van der Waals surface area contributed by atoms with E-state index in [1.54, 1.807) is 0 Å². The van der Waals surface area contributed by atoms with E-state index in [0.717, 1.165) is 18.5 Å². The Morgan fingerprint density at radius 1 is 1.29 bits per heavy atom. The predicted molar refractivity (Wildman–Crippen MR) is 69.8 cm³/mol. The van der Waals surface area contributed by atoms with Gasteiger partial charge in [-0.05, 0) is 30.0 Å². The standard InChI is InChI=1S/C14H16N2O/c17-9-13-11(5-2-7-15-13)12-4-1-3-10-6-8-16-14(10)12/h1,3-6,8,13,15-17H,2,7,9H2. The molecule has 0 fully saturated rings. The van der Waals surface area contributed by atoms with Gasteiger partial charge in [0.05, 0.1) is 18.2 Å². The van der Waals surface area contributed by atoms with Crippen molar-refractivity contribution in [3.05, 3.63) is 42.1 Å². The molecule has 1 aliphatic heterocycles. The highest BCUT2D eigenvalue weighted by atomic mass is 16.3. The van der Waals surface area contributed by atoms with Crippen molar-refractivity contribution in [1.29, 1.82) is 0 Å². The number of aromatic amines is 1. The van der Waals surface area contributed by atoms with Crippen LogP contribution in [0.2, 0.25) is 0 Å². The van der Waals surface area contributed by atoms with Crippen LogP contribution in [-0.2, 0) is 0 Å². The average Bonchev–Trinajstić information content (AvgIpc) is 2.86. The summed E-state index contributed by atoms with van der Waals surface area (Å²) >= 11 is 0. The Morgan fingerprint density at radius 2 is 2.24 bits per heavy atom. The minimum absolute atomic E-state index is 0.0534. The third kappa shape index (κ3) is 1.77. The maximum absolute atomic E-state index is 9.43. The van der Waals surface area contributed by atoms with Crippen molar-refractivity contribution in [3.63, 3.8) is 0 Å². The Morgan fingerprint density at radius 3 is 3.12 bits per heavy atom. The highest BCUT2D eigenvalue weighted by Gasteiger charge is 2.19. The first-order chi connectivity index (χ1) is 8.40. The number of hydrogen-bond acceptors (Lipinski definition) is 2. The van der Waals surface area contributed by atoms with Crippen LogP contribution in [0.4, 0.5) is 0 Å². The van der Waals surface area contributed by atoms with Crippen molar-refractivity contribution >= 4 is 16.5 Å². The van der Waals surface area contributed by atoms with Gasteiger partial charge in [-0.2, -0.15) is 0 Å². The first kappa shape index (κ1) is 10.6. The SMILES string of the molecule is OCC1NCCC=C1c1cccc2cc[nH]c12. The van der Waals surface area contributed by atoms with E-state index < -0.39 is 0 Å². The molecule has 17 heavy (non-hydrogen) atoms. The molecule has 1 aromatic heterocycles. The molecule has 0 aliphatic carbocycles. The lowest BCUT2D eigenvalue weighted by molar-refractivity contribution is 0.266. The summed E-state index contributed by atoms with van der Waals surface area (Å²) in [6.07, 6.45) is 5.20. The molecule has 0 bridgehead atoms.